The fourth-order valence-corrected chi connectivity index (χ4v) is 3.37. The summed E-state index contributed by atoms with van der Waals surface area (Å²) in [6, 6.07) is 7.47. The lowest BCUT2D eigenvalue weighted by Gasteiger charge is -2.19. The van der Waals surface area contributed by atoms with Crippen LogP contribution in [0.5, 0.6) is 0 Å². The van der Waals surface area contributed by atoms with Crippen LogP contribution in [0.4, 0.5) is 0 Å². The fourth-order valence-electron chi connectivity index (χ4n) is 3.37. The second-order valence-electron chi connectivity index (χ2n) is 6.44. The second kappa shape index (κ2) is 7.10. The van der Waals surface area contributed by atoms with Crippen molar-refractivity contribution in [3.63, 3.8) is 0 Å². The van der Waals surface area contributed by atoms with Crippen molar-refractivity contribution in [1.82, 2.24) is 14.9 Å². The predicted octanol–water partition coefficient (Wildman–Crippen LogP) is 3.50. The Kier molecular flexibility index (Phi) is 4.94. The fraction of sp³-hybridized carbons (Fsp3) is 0.526. The lowest BCUT2D eigenvalue weighted by molar-refractivity contribution is 0.467. The number of aromatic nitrogens is 2. The number of fused-ring (bicyclic) bond motifs is 1. The molecule has 22 heavy (non-hydrogen) atoms. The number of hydrogen-bond acceptors (Lipinski definition) is 2. The van der Waals surface area contributed by atoms with E-state index in [0.29, 0.717) is 6.04 Å². The van der Waals surface area contributed by atoms with Crippen molar-refractivity contribution in [1.29, 1.82) is 0 Å². The minimum atomic E-state index is 0.440. The zero-order valence-corrected chi connectivity index (χ0v) is 13.8. The van der Waals surface area contributed by atoms with Crippen molar-refractivity contribution >= 4 is 0 Å². The molecule has 0 aliphatic heterocycles. The Morgan fingerprint density at radius 3 is 2.86 bits per heavy atom. The third kappa shape index (κ3) is 3.58. The van der Waals surface area contributed by atoms with Crippen LogP contribution in [0.2, 0.25) is 0 Å². The number of aryl methyl sites for hydroxylation is 3. The van der Waals surface area contributed by atoms with Gasteiger partial charge in [0.2, 0.25) is 0 Å². The first kappa shape index (κ1) is 15.3. The van der Waals surface area contributed by atoms with Gasteiger partial charge < -0.3 is 9.88 Å². The monoisotopic (exact) mass is 297 g/mol. The summed E-state index contributed by atoms with van der Waals surface area (Å²) in [6.45, 7) is 6.33. The van der Waals surface area contributed by atoms with Crippen LogP contribution in [0.15, 0.2) is 30.6 Å². The van der Waals surface area contributed by atoms with E-state index in [1.807, 2.05) is 6.20 Å². The van der Waals surface area contributed by atoms with Crippen LogP contribution in [0.25, 0.3) is 0 Å². The van der Waals surface area contributed by atoms with E-state index in [1.165, 1.54) is 37.1 Å². The molecule has 1 aromatic carbocycles. The molecule has 1 aliphatic rings. The topological polar surface area (TPSA) is 29.9 Å². The van der Waals surface area contributed by atoms with Crippen molar-refractivity contribution in [3.05, 3.63) is 53.1 Å². The van der Waals surface area contributed by atoms with E-state index in [9.17, 15) is 0 Å². The van der Waals surface area contributed by atoms with Crippen molar-refractivity contribution < 1.29 is 0 Å². The minimum absolute atomic E-state index is 0.440. The van der Waals surface area contributed by atoms with Crippen LogP contribution in [-0.2, 0) is 32.4 Å². The Morgan fingerprint density at radius 2 is 2.05 bits per heavy atom. The van der Waals surface area contributed by atoms with Gasteiger partial charge in [-0.3, -0.25) is 0 Å². The van der Waals surface area contributed by atoms with E-state index < -0.39 is 0 Å². The smallest absolute Gasteiger partial charge is 0.108 e. The van der Waals surface area contributed by atoms with Gasteiger partial charge in [-0.25, -0.2) is 4.98 Å². The average Bonchev–Trinajstić information content (AvgIpc) is 3.00. The van der Waals surface area contributed by atoms with Gasteiger partial charge in [0.25, 0.3) is 0 Å². The number of benzene rings is 1. The van der Waals surface area contributed by atoms with Crippen LogP contribution in [0.1, 0.15) is 49.2 Å². The lowest BCUT2D eigenvalue weighted by Crippen LogP contribution is -2.30. The molecule has 0 radical (unpaired) electrons. The highest BCUT2D eigenvalue weighted by Crippen LogP contribution is 2.22. The van der Waals surface area contributed by atoms with Gasteiger partial charge in [0.15, 0.2) is 0 Å². The number of hydrogen-bond donors (Lipinski definition) is 1. The number of rotatable bonds is 6. The van der Waals surface area contributed by atoms with Crippen LogP contribution in [0, 0.1) is 0 Å². The third-order valence-corrected chi connectivity index (χ3v) is 4.66. The highest BCUT2D eigenvalue weighted by atomic mass is 15.1. The van der Waals surface area contributed by atoms with Gasteiger partial charge in [-0.2, -0.15) is 0 Å². The number of nitrogens with one attached hydrogen (secondary N) is 1. The van der Waals surface area contributed by atoms with E-state index in [-0.39, 0.29) is 0 Å². The zero-order valence-electron chi connectivity index (χ0n) is 13.8. The van der Waals surface area contributed by atoms with Crippen LogP contribution in [-0.4, -0.2) is 15.6 Å². The van der Waals surface area contributed by atoms with Gasteiger partial charge in [0.05, 0.1) is 0 Å². The molecule has 0 saturated heterocycles. The van der Waals surface area contributed by atoms with Gasteiger partial charge in [-0.05, 0) is 49.3 Å². The Labute approximate surface area is 133 Å². The SMILES string of the molecule is CCc1nccn1CC(C)NCc1ccc2c(c1)CCCC2. The highest BCUT2D eigenvalue weighted by Gasteiger charge is 2.10. The lowest BCUT2D eigenvalue weighted by atomic mass is 9.90. The molecule has 0 fully saturated rings. The molecular weight excluding hydrogens is 270 g/mol. The van der Waals surface area contributed by atoms with E-state index in [2.05, 4.69) is 53.1 Å². The molecule has 3 nitrogen and oxygen atoms in total. The van der Waals surface area contributed by atoms with Gasteiger partial charge in [0.1, 0.15) is 5.82 Å². The van der Waals surface area contributed by atoms with Gasteiger partial charge in [-0.15, -0.1) is 0 Å². The van der Waals surface area contributed by atoms with E-state index >= 15 is 0 Å². The quantitative estimate of drug-likeness (QED) is 0.884. The molecule has 0 saturated carbocycles. The summed E-state index contributed by atoms with van der Waals surface area (Å²) in [5, 5.41) is 3.65. The molecule has 1 aromatic heterocycles. The predicted molar refractivity (Wildman–Crippen MR) is 91.0 cm³/mol. The Balaban J connectivity index is 1.55. The molecule has 1 atom stereocenters. The van der Waals surface area contributed by atoms with Crippen molar-refractivity contribution in [2.45, 2.75) is 65.1 Å². The van der Waals surface area contributed by atoms with Crippen LogP contribution < -0.4 is 5.32 Å². The normalized spacial score (nSPS) is 15.5. The van der Waals surface area contributed by atoms with Gasteiger partial charge in [-0.1, -0.05) is 25.1 Å². The van der Waals surface area contributed by atoms with E-state index in [0.717, 1.165) is 19.5 Å². The van der Waals surface area contributed by atoms with Crippen molar-refractivity contribution in [2.75, 3.05) is 0 Å². The summed E-state index contributed by atoms with van der Waals surface area (Å²) in [7, 11) is 0. The van der Waals surface area contributed by atoms with Crippen molar-refractivity contribution in [2.24, 2.45) is 0 Å². The van der Waals surface area contributed by atoms with E-state index in [1.54, 1.807) is 11.1 Å². The van der Waals surface area contributed by atoms with Crippen LogP contribution >= 0.6 is 0 Å². The van der Waals surface area contributed by atoms with E-state index in [4.69, 9.17) is 0 Å². The summed E-state index contributed by atoms with van der Waals surface area (Å²) < 4.78 is 2.25. The standard InChI is InChI=1S/C19H27N3/c1-3-19-20-10-11-22(19)14-15(2)21-13-16-8-9-17-6-4-5-7-18(17)12-16/h8-12,15,21H,3-7,13-14H2,1-2H3. The van der Waals surface area contributed by atoms with Crippen LogP contribution in [0.3, 0.4) is 0 Å². The summed E-state index contributed by atoms with van der Waals surface area (Å²) in [6.07, 6.45) is 10.2. The summed E-state index contributed by atoms with van der Waals surface area (Å²) in [4.78, 5) is 4.39. The Hall–Kier alpha value is -1.61. The molecule has 1 heterocycles. The summed E-state index contributed by atoms with van der Waals surface area (Å²) in [5.74, 6) is 1.17. The maximum absolute atomic E-state index is 4.39. The minimum Gasteiger partial charge on any atom is -0.333 e. The molecule has 0 bridgehead atoms. The molecule has 3 rings (SSSR count). The Bertz CT molecular complexity index is 615. The summed E-state index contributed by atoms with van der Waals surface area (Å²) >= 11 is 0. The average molecular weight is 297 g/mol. The van der Waals surface area contributed by atoms with Crippen molar-refractivity contribution in [3.8, 4) is 0 Å². The maximum Gasteiger partial charge on any atom is 0.108 e. The number of nitrogens with zero attached hydrogens (tertiary/aromatic N) is 2. The zero-order chi connectivity index (χ0) is 15.4. The molecule has 1 aliphatic carbocycles. The third-order valence-electron chi connectivity index (χ3n) is 4.66. The van der Waals surface area contributed by atoms with Gasteiger partial charge >= 0.3 is 0 Å². The molecule has 2 aromatic rings. The molecule has 0 amide bonds. The molecule has 118 valence electrons. The molecule has 0 spiro atoms. The number of imidazole rings is 1. The maximum atomic E-state index is 4.39. The molecular formula is C19H27N3. The molecule has 1 unspecified atom stereocenters. The first-order valence-electron chi connectivity index (χ1n) is 8.60. The molecule has 1 N–H and O–H groups in total. The largest absolute Gasteiger partial charge is 0.333 e. The second-order valence-corrected chi connectivity index (χ2v) is 6.44. The highest BCUT2D eigenvalue weighted by molar-refractivity contribution is 5.33. The van der Waals surface area contributed by atoms with Gasteiger partial charge in [0, 0.05) is 37.9 Å². The summed E-state index contributed by atoms with van der Waals surface area (Å²) in [5.41, 5.74) is 4.55. The first-order valence-corrected chi connectivity index (χ1v) is 8.60. The Morgan fingerprint density at radius 1 is 1.23 bits per heavy atom. The molecule has 3 heteroatoms. The first-order chi connectivity index (χ1) is 10.8.